The number of halogens is 3. The van der Waals surface area contributed by atoms with E-state index >= 15 is 0 Å². The quantitative estimate of drug-likeness (QED) is 0.789. The van der Waals surface area contributed by atoms with Crippen LogP contribution >= 0.6 is 12.4 Å². The number of anilines is 1. The average molecular weight is 393 g/mol. The highest BCUT2D eigenvalue weighted by molar-refractivity contribution is 5.85. The molecule has 0 aliphatic carbocycles. The first kappa shape index (κ1) is 18.6. The van der Waals surface area contributed by atoms with Crippen LogP contribution in [-0.4, -0.2) is 34.0 Å². The summed E-state index contributed by atoms with van der Waals surface area (Å²) in [4.78, 5) is 14.2. The lowest BCUT2D eigenvalue weighted by Gasteiger charge is -2.36. The van der Waals surface area contributed by atoms with E-state index in [-0.39, 0.29) is 18.4 Å². The summed E-state index contributed by atoms with van der Waals surface area (Å²) in [6.07, 6.45) is 7.54. The molecule has 3 aliphatic rings. The molecule has 0 radical (unpaired) electrons. The molecule has 2 atom stereocenters. The summed E-state index contributed by atoms with van der Waals surface area (Å²) in [5.74, 6) is -0.691. The molecule has 2 unspecified atom stereocenters. The highest BCUT2D eigenvalue weighted by atomic mass is 35.5. The monoisotopic (exact) mass is 392 g/mol. The molecule has 4 heterocycles. The maximum Gasteiger partial charge on any atom is 0.225 e. The van der Waals surface area contributed by atoms with Crippen molar-refractivity contribution in [2.24, 2.45) is 0 Å². The van der Waals surface area contributed by atoms with Crippen molar-refractivity contribution in [1.29, 1.82) is 0 Å². The molecule has 0 saturated carbocycles. The van der Waals surface area contributed by atoms with E-state index in [0.717, 1.165) is 43.9 Å². The number of fused-ring (bicyclic) bond motifs is 4. The average Bonchev–Trinajstić information content (AvgIpc) is 3.26. The van der Waals surface area contributed by atoms with Crippen molar-refractivity contribution in [2.45, 2.75) is 50.7 Å². The van der Waals surface area contributed by atoms with Gasteiger partial charge in [0.15, 0.2) is 11.6 Å². The van der Waals surface area contributed by atoms with Gasteiger partial charge in [0.1, 0.15) is 0 Å². The van der Waals surface area contributed by atoms with Gasteiger partial charge in [-0.1, -0.05) is 6.07 Å². The third-order valence-electron chi connectivity index (χ3n) is 6.06. The third-order valence-corrected chi connectivity index (χ3v) is 6.06. The SMILES string of the molecule is Cl.Fc1ccc(CN2C3CCC2c2cnc(N4CCCC4)nc2C3)cc1F. The molecule has 1 aromatic heterocycles. The molecule has 0 amide bonds. The van der Waals surface area contributed by atoms with Crippen molar-refractivity contribution < 1.29 is 8.78 Å². The van der Waals surface area contributed by atoms with Crippen LogP contribution in [0.25, 0.3) is 0 Å². The van der Waals surface area contributed by atoms with Gasteiger partial charge < -0.3 is 4.90 Å². The van der Waals surface area contributed by atoms with Crippen LogP contribution in [0, 0.1) is 11.6 Å². The summed E-state index contributed by atoms with van der Waals surface area (Å²) >= 11 is 0. The largest absolute Gasteiger partial charge is 0.341 e. The van der Waals surface area contributed by atoms with Crippen molar-refractivity contribution in [3.05, 3.63) is 52.9 Å². The molecular weight excluding hydrogens is 370 g/mol. The Morgan fingerprint density at radius 1 is 1.07 bits per heavy atom. The molecule has 27 heavy (non-hydrogen) atoms. The van der Waals surface area contributed by atoms with Gasteiger partial charge in [-0.3, -0.25) is 4.90 Å². The minimum atomic E-state index is -0.788. The fourth-order valence-electron chi connectivity index (χ4n) is 4.73. The van der Waals surface area contributed by atoms with Crippen LogP contribution in [0.2, 0.25) is 0 Å². The second kappa shape index (κ2) is 7.32. The summed E-state index contributed by atoms with van der Waals surface area (Å²) in [6.45, 7) is 2.74. The number of hydrogen-bond acceptors (Lipinski definition) is 4. The molecule has 0 N–H and O–H groups in total. The first-order chi connectivity index (χ1) is 12.7. The second-order valence-corrected chi connectivity index (χ2v) is 7.64. The fraction of sp³-hybridized carbons (Fsp3) is 0.500. The van der Waals surface area contributed by atoms with Gasteiger partial charge in [-0.2, -0.15) is 0 Å². The molecule has 2 bridgehead atoms. The predicted molar refractivity (Wildman–Crippen MR) is 102 cm³/mol. The van der Waals surface area contributed by atoms with Crippen molar-refractivity contribution in [1.82, 2.24) is 14.9 Å². The number of rotatable bonds is 3. The zero-order valence-electron chi connectivity index (χ0n) is 15.1. The minimum absolute atomic E-state index is 0. The molecular formula is C20H23ClF2N4. The molecule has 5 rings (SSSR count). The van der Waals surface area contributed by atoms with E-state index in [4.69, 9.17) is 4.98 Å². The molecule has 144 valence electrons. The molecule has 2 fully saturated rings. The topological polar surface area (TPSA) is 32.3 Å². The summed E-state index contributed by atoms with van der Waals surface area (Å²) in [5, 5.41) is 0. The number of nitrogens with zero attached hydrogens (tertiary/aromatic N) is 4. The zero-order chi connectivity index (χ0) is 17.7. The van der Waals surface area contributed by atoms with Crippen LogP contribution in [0.15, 0.2) is 24.4 Å². The lowest BCUT2D eigenvalue weighted by atomic mass is 9.98. The maximum atomic E-state index is 13.6. The standard InChI is InChI=1S/C20H22F2N4.ClH/c21-16-5-3-13(9-17(16)22)12-26-14-4-6-19(26)15-11-23-20(24-18(15)10-14)25-7-1-2-8-25;/h3,5,9,11,14,19H,1-2,4,6-8,10,12H2;1H. The molecule has 1 aromatic carbocycles. The zero-order valence-corrected chi connectivity index (χ0v) is 15.9. The van der Waals surface area contributed by atoms with Crippen molar-refractivity contribution >= 4 is 18.4 Å². The Hall–Kier alpha value is -1.79. The van der Waals surface area contributed by atoms with Gasteiger partial charge >= 0.3 is 0 Å². The van der Waals surface area contributed by atoms with Gasteiger partial charge in [-0.25, -0.2) is 18.7 Å². The number of hydrogen-bond donors (Lipinski definition) is 0. The van der Waals surface area contributed by atoms with Crippen LogP contribution in [0.5, 0.6) is 0 Å². The minimum Gasteiger partial charge on any atom is -0.341 e. The van der Waals surface area contributed by atoms with Gasteiger partial charge in [0.25, 0.3) is 0 Å². The molecule has 7 heteroatoms. The van der Waals surface area contributed by atoms with E-state index in [1.165, 1.54) is 36.2 Å². The summed E-state index contributed by atoms with van der Waals surface area (Å²) in [6, 6.07) is 4.92. The van der Waals surface area contributed by atoms with Crippen LogP contribution in [0.4, 0.5) is 14.7 Å². The Kier molecular flexibility index (Phi) is 5.03. The van der Waals surface area contributed by atoms with E-state index in [1.54, 1.807) is 6.07 Å². The number of aromatic nitrogens is 2. The van der Waals surface area contributed by atoms with E-state index in [1.807, 2.05) is 6.20 Å². The van der Waals surface area contributed by atoms with Crippen LogP contribution in [0.3, 0.4) is 0 Å². The Bertz CT molecular complexity index is 841. The Morgan fingerprint density at radius 2 is 1.89 bits per heavy atom. The summed E-state index contributed by atoms with van der Waals surface area (Å²) in [7, 11) is 0. The highest BCUT2D eigenvalue weighted by Gasteiger charge is 2.41. The van der Waals surface area contributed by atoms with Gasteiger partial charge in [0.05, 0.1) is 5.69 Å². The van der Waals surface area contributed by atoms with Gasteiger partial charge in [0.2, 0.25) is 5.95 Å². The van der Waals surface area contributed by atoms with Crippen molar-refractivity contribution in [2.75, 3.05) is 18.0 Å². The Balaban J connectivity index is 0.00000180. The van der Waals surface area contributed by atoms with E-state index in [0.29, 0.717) is 12.6 Å². The van der Waals surface area contributed by atoms with Crippen molar-refractivity contribution in [3.63, 3.8) is 0 Å². The van der Waals surface area contributed by atoms with E-state index < -0.39 is 11.6 Å². The molecule has 2 aromatic rings. The lowest BCUT2D eigenvalue weighted by molar-refractivity contribution is 0.166. The lowest BCUT2D eigenvalue weighted by Crippen LogP contribution is -2.38. The number of benzene rings is 1. The molecule has 3 aliphatic heterocycles. The van der Waals surface area contributed by atoms with E-state index in [9.17, 15) is 8.78 Å². The van der Waals surface area contributed by atoms with Crippen molar-refractivity contribution in [3.8, 4) is 0 Å². The predicted octanol–water partition coefficient (Wildman–Crippen LogP) is 4.04. The summed E-state index contributed by atoms with van der Waals surface area (Å²) in [5.41, 5.74) is 3.21. The summed E-state index contributed by atoms with van der Waals surface area (Å²) < 4.78 is 26.8. The second-order valence-electron chi connectivity index (χ2n) is 7.64. The maximum absolute atomic E-state index is 13.6. The van der Waals surface area contributed by atoms with Crippen LogP contribution < -0.4 is 4.90 Å². The molecule has 4 nitrogen and oxygen atoms in total. The smallest absolute Gasteiger partial charge is 0.225 e. The van der Waals surface area contributed by atoms with Crippen LogP contribution in [-0.2, 0) is 13.0 Å². The first-order valence-electron chi connectivity index (χ1n) is 9.49. The van der Waals surface area contributed by atoms with Gasteiger partial charge in [0, 0.05) is 49.9 Å². The fourth-order valence-corrected chi connectivity index (χ4v) is 4.73. The Morgan fingerprint density at radius 3 is 2.67 bits per heavy atom. The highest BCUT2D eigenvalue weighted by Crippen LogP contribution is 2.44. The van der Waals surface area contributed by atoms with Crippen LogP contribution in [0.1, 0.15) is 48.5 Å². The third kappa shape index (κ3) is 3.29. The van der Waals surface area contributed by atoms with E-state index in [2.05, 4.69) is 14.8 Å². The van der Waals surface area contributed by atoms with Gasteiger partial charge in [-0.15, -0.1) is 12.4 Å². The van der Waals surface area contributed by atoms with Gasteiger partial charge in [-0.05, 0) is 43.4 Å². The molecule has 0 spiro atoms. The molecule has 2 saturated heterocycles. The normalized spacial score (nSPS) is 24.0. The Labute approximate surface area is 164 Å². The first-order valence-corrected chi connectivity index (χ1v) is 9.49.